The second-order valence-corrected chi connectivity index (χ2v) is 45.4. The number of nitrogens with zero attached hydrogens (tertiary/aromatic N) is 4. The second-order valence-electron chi connectivity index (χ2n) is 36.4. The Labute approximate surface area is 606 Å². The molecular weight excluding hydrogens is 1230 g/mol. The third-order valence-electron chi connectivity index (χ3n) is 24.6. The molecule has 0 N–H and O–H groups in total. The lowest BCUT2D eigenvalue weighted by atomic mass is 9.68. The highest BCUT2D eigenvalue weighted by Gasteiger charge is 2.59. The quantitative estimate of drug-likeness (QED) is 0.0628. The average molecular weight is 1360 g/mol. The fourth-order valence-electron chi connectivity index (χ4n) is 22.9. The van der Waals surface area contributed by atoms with Crippen LogP contribution in [-0.4, -0.2) is 47.8 Å². The Kier molecular flexibility index (Phi) is 21.9. The first kappa shape index (κ1) is 74.4. The zero-order valence-electron chi connectivity index (χ0n) is 65.8. The van der Waals surface area contributed by atoms with Crippen LogP contribution < -0.4 is 9.80 Å². The summed E-state index contributed by atoms with van der Waals surface area (Å²) in [6.45, 7) is 52.4. The van der Waals surface area contributed by atoms with Crippen LogP contribution in [0, 0.1) is 29.6 Å². The van der Waals surface area contributed by atoms with E-state index in [0.29, 0.717) is 23.7 Å². The molecule has 6 aromatic rings. The molecule has 6 aromatic carbocycles. The van der Waals surface area contributed by atoms with E-state index in [9.17, 15) is 0 Å². The number of fused-ring (bicyclic) bond motifs is 8. The Balaban J connectivity index is 0.000000200. The second kappa shape index (κ2) is 29.2. The number of rotatable bonds is 22. The van der Waals surface area contributed by atoms with Gasteiger partial charge < -0.3 is 18.9 Å². The third-order valence-corrected chi connectivity index (χ3v) is 34.7. The van der Waals surface area contributed by atoms with E-state index in [2.05, 4.69) is 345 Å². The standard InChI is InChI=1S/C47H66N2Si.C46H64N2Si/c1-12-14-28-47(29-15-13-2)42-32-38(48(36-22-18-16-19-23-36)37-24-20-17-21-25-37)26-27-39(42)41-31-35-30-34(3)44(40(35)33-43(41)47)50(10,11)49(45(4,5)6)46(7,8)9;1-11-13-29-46(30-14-12-2)41-32-37(47(35-21-17-15-18-22-35)36-23-19-16-20-24-36)26-27-38(41)40-31-34-25-28-43(39(34)33-42(40)46)49(9,10)48(44(3,4)5)45(6,7)8/h16-27,31-35,40,44H,12-15,28-30H2,1-11H3;15-24,26-27,31-34,39,43H,11-14,25,28-30H2,1-10H3. The third kappa shape index (κ3) is 14.3. The van der Waals surface area contributed by atoms with E-state index < -0.39 is 16.5 Å². The lowest BCUT2D eigenvalue weighted by Crippen LogP contribution is -2.67. The molecule has 0 spiro atoms. The molecule has 99 heavy (non-hydrogen) atoms. The topological polar surface area (TPSA) is 13.0 Å². The number of anilines is 6. The van der Waals surface area contributed by atoms with Gasteiger partial charge in [0.05, 0.1) is 0 Å². The molecule has 0 aromatic heterocycles. The molecule has 0 amide bonds. The van der Waals surface area contributed by atoms with E-state index in [-0.39, 0.29) is 33.0 Å². The van der Waals surface area contributed by atoms with Crippen LogP contribution in [-0.2, 0) is 10.8 Å². The Morgan fingerprint density at radius 1 is 0.384 bits per heavy atom. The lowest BCUT2D eigenvalue weighted by molar-refractivity contribution is 0.121. The van der Waals surface area contributed by atoms with Crippen molar-refractivity contribution in [3.8, 4) is 0 Å². The van der Waals surface area contributed by atoms with Crippen LogP contribution in [0.3, 0.4) is 0 Å². The molecule has 0 bridgehead atoms. The Morgan fingerprint density at radius 3 is 1.06 bits per heavy atom. The zero-order chi connectivity index (χ0) is 71.3. The molecule has 0 heterocycles. The largest absolute Gasteiger partial charge is 0.314 e. The molecule has 530 valence electrons. The highest BCUT2D eigenvalue weighted by molar-refractivity contribution is 6.77. The summed E-state index contributed by atoms with van der Waals surface area (Å²) in [6.07, 6.45) is 30.3. The smallest absolute Gasteiger partial charge is 0.127 e. The summed E-state index contributed by atoms with van der Waals surface area (Å²) >= 11 is 0. The number of allylic oxidation sites excluding steroid dienone is 8. The Bertz CT molecular complexity index is 3720. The molecule has 4 nitrogen and oxygen atoms in total. The predicted octanol–water partition coefficient (Wildman–Crippen LogP) is 27.5. The average Bonchev–Trinajstić information content (AvgIpc) is 1.56. The summed E-state index contributed by atoms with van der Waals surface area (Å²) in [5, 5.41) is 0. The summed E-state index contributed by atoms with van der Waals surface area (Å²) in [5.74, 6) is 3.23. The van der Waals surface area contributed by atoms with Gasteiger partial charge in [0, 0.05) is 67.1 Å². The van der Waals surface area contributed by atoms with Gasteiger partial charge in [-0.05, 0) is 280 Å². The monoisotopic (exact) mass is 1360 g/mol. The first-order chi connectivity index (χ1) is 46.9. The molecule has 2 fully saturated rings. The predicted molar refractivity (Wildman–Crippen MR) is 438 cm³/mol. The fraction of sp³-hybridized carbons (Fsp3) is 0.527. The van der Waals surface area contributed by atoms with Gasteiger partial charge in [-0.3, -0.25) is 0 Å². The van der Waals surface area contributed by atoms with E-state index in [1.54, 1.807) is 33.4 Å². The van der Waals surface area contributed by atoms with Gasteiger partial charge in [-0.25, -0.2) is 0 Å². The van der Waals surface area contributed by atoms with Crippen molar-refractivity contribution >= 4 is 61.7 Å². The normalized spacial score (nSPS) is 22.2. The van der Waals surface area contributed by atoms with Crippen LogP contribution >= 0.6 is 0 Å². The molecule has 7 atom stereocenters. The van der Waals surface area contributed by atoms with Crippen molar-refractivity contribution in [1.82, 2.24) is 9.13 Å². The van der Waals surface area contributed by atoms with Crippen LogP contribution in [0.5, 0.6) is 0 Å². The van der Waals surface area contributed by atoms with E-state index in [1.807, 2.05) is 0 Å². The number of para-hydroxylation sites is 4. The van der Waals surface area contributed by atoms with Gasteiger partial charge in [-0.1, -0.05) is 228 Å². The molecule has 6 aliphatic rings. The van der Waals surface area contributed by atoms with E-state index in [4.69, 9.17) is 0 Å². The Hall–Kier alpha value is -5.77. The van der Waals surface area contributed by atoms with Crippen LogP contribution in [0.2, 0.25) is 37.3 Å². The summed E-state index contributed by atoms with van der Waals surface area (Å²) in [5.41, 5.74) is 22.2. The number of benzene rings is 6. The van der Waals surface area contributed by atoms with Gasteiger partial charge in [-0.15, -0.1) is 0 Å². The molecule has 0 aliphatic heterocycles. The molecule has 0 radical (unpaired) electrons. The maximum Gasteiger partial charge on any atom is 0.127 e. The van der Waals surface area contributed by atoms with Gasteiger partial charge in [0.15, 0.2) is 0 Å². The maximum atomic E-state index is 2.99. The zero-order valence-corrected chi connectivity index (χ0v) is 67.8. The minimum atomic E-state index is -1.91. The van der Waals surface area contributed by atoms with Crippen molar-refractivity contribution in [3.63, 3.8) is 0 Å². The fourth-order valence-corrected chi connectivity index (χ4v) is 35.4. The van der Waals surface area contributed by atoms with Gasteiger partial charge in [0.25, 0.3) is 0 Å². The Morgan fingerprint density at radius 2 is 0.717 bits per heavy atom. The van der Waals surface area contributed by atoms with E-state index >= 15 is 0 Å². The minimum absolute atomic E-state index is 0.0586. The van der Waals surface area contributed by atoms with Crippen LogP contribution in [0.15, 0.2) is 193 Å². The van der Waals surface area contributed by atoms with Crippen LogP contribution in [0.1, 0.15) is 236 Å². The first-order valence-electron chi connectivity index (χ1n) is 39.5. The molecule has 6 heteroatoms. The van der Waals surface area contributed by atoms with Gasteiger partial charge >= 0.3 is 0 Å². The molecule has 7 unspecified atom stereocenters. The molecular formula is C93H130N4Si2. The summed E-state index contributed by atoms with van der Waals surface area (Å²) in [7, 11) is -3.75. The summed E-state index contributed by atoms with van der Waals surface area (Å²) < 4.78 is 5.98. The molecule has 6 aliphatic carbocycles. The SMILES string of the molecule is CCCCC1(CCCC)C2=CC3C(C=C2c2ccc(N(c4ccccc4)c4ccccc4)cc21)CC(C)C3[Si](C)(C)N(C(C)(C)C)C(C)(C)C.CCCCC1(CCCC)C2=CC3C(C=C2c2ccc(N(c4ccccc4)c4ccccc4)cc21)CCC3[Si](C)(C)N(C(C)(C)C)C(C)(C)C. The van der Waals surface area contributed by atoms with Crippen LogP contribution in [0.25, 0.3) is 11.1 Å². The minimum Gasteiger partial charge on any atom is -0.314 e. The van der Waals surface area contributed by atoms with Crippen molar-refractivity contribution < 1.29 is 0 Å². The first-order valence-corrected chi connectivity index (χ1v) is 45.5. The highest BCUT2D eigenvalue weighted by Crippen LogP contribution is 2.66. The van der Waals surface area contributed by atoms with Crippen molar-refractivity contribution in [2.24, 2.45) is 29.6 Å². The highest BCUT2D eigenvalue weighted by atomic mass is 28.3. The molecule has 12 rings (SSSR count). The number of unbranched alkanes of at least 4 members (excludes halogenated alkanes) is 4. The van der Waals surface area contributed by atoms with Crippen LogP contribution in [0.4, 0.5) is 34.1 Å². The van der Waals surface area contributed by atoms with Crippen molar-refractivity contribution in [2.75, 3.05) is 9.80 Å². The molecule has 2 saturated carbocycles. The van der Waals surface area contributed by atoms with Gasteiger partial charge in [-0.2, -0.15) is 0 Å². The van der Waals surface area contributed by atoms with Gasteiger partial charge in [0.1, 0.15) is 16.5 Å². The number of hydrogen-bond donors (Lipinski definition) is 0. The number of hydrogen-bond acceptors (Lipinski definition) is 4. The maximum absolute atomic E-state index is 2.99. The van der Waals surface area contributed by atoms with E-state index in [1.165, 1.54) is 142 Å². The van der Waals surface area contributed by atoms with Crippen molar-refractivity contribution in [2.45, 2.75) is 284 Å². The van der Waals surface area contributed by atoms with Crippen molar-refractivity contribution in [1.29, 1.82) is 0 Å². The summed E-state index contributed by atoms with van der Waals surface area (Å²) in [4.78, 5) is 4.92. The molecule has 0 saturated heterocycles. The summed E-state index contributed by atoms with van der Waals surface area (Å²) in [6, 6.07) is 58.8. The van der Waals surface area contributed by atoms with E-state index in [0.717, 1.165) is 17.0 Å². The lowest BCUT2D eigenvalue weighted by Gasteiger charge is -2.57. The van der Waals surface area contributed by atoms with Gasteiger partial charge in [0.2, 0.25) is 0 Å². The van der Waals surface area contributed by atoms with Crippen molar-refractivity contribution in [3.05, 3.63) is 215 Å².